The van der Waals surface area contributed by atoms with E-state index in [0.717, 1.165) is 23.0 Å². The van der Waals surface area contributed by atoms with Gasteiger partial charge in [-0.05, 0) is 6.42 Å². The van der Waals surface area contributed by atoms with Crippen LogP contribution < -0.4 is 0 Å². The average molecular weight is 261 g/mol. The molecule has 1 aromatic rings. The van der Waals surface area contributed by atoms with Crippen LogP contribution in [0.25, 0.3) is 0 Å². The molecule has 0 amide bonds. The minimum Gasteiger partial charge on any atom is -0.396 e. The van der Waals surface area contributed by atoms with Crippen molar-refractivity contribution in [2.45, 2.75) is 37.6 Å². The summed E-state index contributed by atoms with van der Waals surface area (Å²) in [7, 11) is 0. The summed E-state index contributed by atoms with van der Waals surface area (Å²) in [6.45, 7) is 6.38. The largest absolute Gasteiger partial charge is 0.396 e. The highest BCUT2D eigenvalue weighted by Gasteiger charge is 2.18. The molecule has 5 heteroatoms. The average Bonchev–Trinajstić information content (AvgIpc) is 2.16. The maximum absolute atomic E-state index is 8.71. The molecule has 0 aliphatic heterocycles. The summed E-state index contributed by atoms with van der Waals surface area (Å²) in [5, 5.41) is 10.1. The summed E-state index contributed by atoms with van der Waals surface area (Å²) in [5.41, 5.74) is -0.100. The zero-order valence-corrected chi connectivity index (χ0v) is 11.4. The Morgan fingerprint density at radius 1 is 1.38 bits per heavy atom. The Labute approximate surface area is 106 Å². The number of rotatable bonds is 4. The molecule has 0 aliphatic carbocycles. The van der Waals surface area contributed by atoms with Crippen molar-refractivity contribution in [3.63, 3.8) is 0 Å². The first-order valence-corrected chi connectivity index (χ1v) is 6.58. The number of thioether (sulfide) groups is 1. The maximum Gasteiger partial charge on any atom is 0.136 e. The quantitative estimate of drug-likeness (QED) is 0.514. The lowest BCUT2D eigenvalue weighted by Crippen LogP contribution is -2.16. The second kappa shape index (κ2) is 5.84. The van der Waals surface area contributed by atoms with Gasteiger partial charge in [0.15, 0.2) is 0 Å². The molecule has 0 fully saturated rings. The number of aliphatic hydroxyl groups excluding tert-OH is 1. The third kappa shape index (κ3) is 4.28. The van der Waals surface area contributed by atoms with Gasteiger partial charge in [-0.1, -0.05) is 32.4 Å². The molecule has 3 nitrogen and oxygen atoms in total. The summed E-state index contributed by atoms with van der Waals surface area (Å²) in [4.78, 5) is 8.69. The molecule has 0 unspecified atom stereocenters. The van der Waals surface area contributed by atoms with Crippen LogP contribution in [0.3, 0.4) is 0 Å². The fourth-order valence-corrected chi connectivity index (χ4v) is 2.12. The molecular formula is C11H17ClN2OS. The second-order valence-corrected chi connectivity index (χ2v) is 6.03. The van der Waals surface area contributed by atoms with Crippen LogP contribution in [0.4, 0.5) is 0 Å². The first-order chi connectivity index (χ1) is 7.43. The number of halogens is 1. The molecule has 1 aromatic heterocycles. The van der Waals surface area contributed by atoms with Crippen LogP contribution in [0.2, 0.25) is 5.15 Å². The molecule has 16 heavy (non-hydrogen) atoms. The van der Waals surface area contributed by atoms with Gasteiger partial charge in [-0.15, -0.1) is 11.8 Å². The van der Waals surface area contributed by atoms with Gasteiger partial charge in [0, 0.05) is 23.8 Å². The van der Waals surface area contributed by atoms with E-state index < -0.39 is 0 Å². The van der Waals surface area contributed by atoms with E-state index in [-0.39, 0.29) is 12.0 Å². The van der Waals surface area contributed by atoms with Crippen molar-refractivity contribution in [1.29, 1.82) is 0 Å². The van der Waals surface area contributed by atoms with Gasteiger partial charge in [0.2, 0.25) is 0 Å². The zero-order chi connectivity index (χ0) is 12.2. The van der Waals surface area contributed by atoms with E-state index in [1.165, 1.54) is 0 Å². The van der Waals surface area contributed by atoms with Crippen molar-refractivity contribution < 1.29 is 5.11 Å². The normalized spacial score (nSPS) is 11.8. The molecule has 0 radical (unpaired) electrons. The molecule has 0 saturated heterocycles. The Morgan fingerprint density at radius 2 is 2.06 bits per heavy atom. The van der Waals surface area contributed by atoms with Crippen molar-refractivity contribution in [3.8, 4) is 0 Å². The van der Waals surface area contributed by atoms with E-state index in [4.69, 9.17) is 16.7 Å². The van der Waals surface area contributed by atoms with Crippen molar-refractivity contribution in [1.82, 2.24) is 9.97 Å². The zero-order valence-electron chi connectivity index (χ0n) is 9.83. The second-order valence-electron chi connectivity index (χ2n) is 4.53. The van der Waals surface area contributed by atoms with Gasteiger partial charge >= 0.3 is 0 Å². The van der Waals surface area contributed by atoms with Crippen molar-refractivity contribution in [2.24, 2.45) is 0 Å². The molecule has 1 heterocycles. The van der Waals surface area contributed by atoms with Crippen LogP contribution in [-0.4, -0.2) is 27.4 Å². The Balaban J connectivity index is 2.82. The molecule has 1 rings (SSSR count). The number of nitrogens with zero attached hydrogens (tertiary/aromatic N) is 2. The number of hydrogen-bond acceptors (Lipinski definition) is 4. The van der Waals surface area contributed by atoms with Crippen molar-refractivity contribution in [3.05, 3.63) is 17.0 Å². The van der Waals surface area contributed by atoms with Gasteiger partial charge in [0.25, 0.3) is 0 Å². The van der Waals surface area contributed by atoms with Gasteiger partial charge in [0.1, 0.15) is 16.0 Å². The first kappa shape index (κ1) is 13.7. The Kier molecular flexibility index (Phi) is 5.02. The van der Waals surface area contributed by atoms with Crippen LogP contribution in [0.15, 0.2) is 11.1 Å². The van der Waals surface area contributed by atoms with Gasteiger partial charge in [0.05, 0.1) is 0 Å². The van der Waals surface area contributed by atoms with Crippen LogP contribution in [0.5, 0.6) is 0 Å². The molecule has 0 atom stereocenters. The summed E-state index contributed by atoms with van der Waals surface area (Å²) in [5.74, 6) is 1.60. The van der Waals surface area contributed by atoms with Crippen LogP contribution in [-0.2, 0) is 5.41 Å². The standard InChI is InChI=1S/C11H17ClN2OS/c1-11(2,3)10-13-8(12)7-9(14-10)16-6-4-5-15/h7,15H,4-6H2,1-3H3. The van der Waals surface area contributed by atoms with E-state index in [0.29, 0.717) is 5.15 Å². The highest BCUT2D eigenvalue weighted by molar-refractivity contribution is 7.99. The van der Waals surface area contributed by atoms with Crippen LogP contribution in [0, 0.1) is 0 Å². The lowest BCUT2D eigenvalue weighted by atomic mass is 9.96. The minimum absolute atomic E-state index is 0.100. The van der Waals surface area contributed by atoms with Crippen molar-refractivity contribution in [2.75, 3.05) is 12.4 Å². The Morgan fingerprint density at radius 3 is 2.62 bits per heavy atom. The SMILES string of the molecule is CC(C)(C)c1nc(Cl)cc(SCCCO)n1. The third-order valence-corrected chi connectivity index (χ3v) is 3.09. The number of aliphatic hydroxyl groups is 1. The van der Waals surface area contributed by atoms with Gasteiger partial charge in [-0.2, -0.15) is 0 Å². The highest BCUT2D eigenvalue weighted by atomic mass is 35.5. The Hall–Kier alpha value is -0.320. The smallest absolute Gasteiger partial charge is 0.136 e. The topological polar surface area (TPSA) is 46.0 Å². The van der Waals surface area contributed by atoms with Crippen LogP contribution in [0.1, 0.15) is 33.0 Å². The van der Waals surface area contributed by atoms with Crippen molar-refractivity contribution >= 4 is 23.4 Å². The maximum atomic E-state index is 8.71. The highest BCUT2D eigenvalue weighted by Crippen LogP contribution is 2.25. The number of hydrogen-bond donors (Lipinski definition) is 1. The summed E-state index contributed by atoms with van der Waals surface area (Å²) in [6, 6.07) is 1.76. The molecule has 0 aliphatic rings. The summed E-state index contributed by atoms with van der Waals surface area (Å²) < 4.78 is 0. The molecule has 1 N–H and O–H groups in total. The van der Waals surface area contributed by atoms with Gasteiger partial charge in [-0.3, -0.25) is 0 Å². The Bertz CT molecular complexity index is 352. The van der Waals surface area contributed by atoms with Gasteiger partial charge in [-0.25, -0.2) is 9.97 Å². The summed E-state index contributed by atoms with van der Waals surface area (Å²) in [6.07, 6.45) is 0.761. The van der Waals surface area contributed by atoms with E-state index in [9.17, 15) is 0 Å². The molecular weight excluding hydrogens is 244 g/mol. The van der Waals surface area contributed by atoms with E-state index in [1.807, 2.05) is 0 Å². The van der Waals surface area contributed by atoms with Crippen LogP contribution >= 0.6 is 23.4 Å². The lowest BCUT2D eigenvalue weighted by Gasteiger charge is -2.17. The van der Waals surface area contributed by atoms with E-state index in [1.54, 1.807) is 17.8 Å². The third-order valence-electron chi connectivity index (χ3n) is 1.89. The summed E-state index contributed by atoms with van der Waals surface area (Å²) >= 11 is 7.55. The monoisotopic (exact) mass is 260 g/mol. The minimum atomic E-state index is -0.100. The molecule has 0 aromatic carbocycles. The fourth-order valence-electron chi connectivity index (χ4n) is 1.05. The predicted octanol–water partition coefficient (Wildman–Crippen LogP) is 2.90. The number of aromatic nitrogens is 2. The molecule has 0 saturated carbocycles. The molecule has 90 valence electrons. The fraction of sp³-hybridized carbons (Fsp3) is 0.636. The molecule has 0 spiro atoms. The lowest BCUT2D eigenvalue weighted by molar-refractivity contribution is 0.296. The van der Waals surface area contributed by atoms with E-state index >= 15 is 0 Å². The first-order valence-electron chi connectivity index (χ1n) is 5.22. The predicted molar refractivity (Wildman–Crippen MR) is 68.2 cm³/mol. The van der Waals surface area contributed by atoms with Gasteiger partial charge < -0.3 is 5.11 Å². The van der Waals surface area contributed by atoms with E-state index in [2.05, 4.69) is 30.7 Å². The molecule has 0 bridgehead atoms.